The number of aromatic nitrogens is 1. The van der Waals surface area contributed by atoms with Crippen molar-refractivity contribution in [1.29, 1.82) is 0 Å². The molecular formula is C21H29N3O3S. The Kier molecular flexibility index (Phi) is 8.57. The normalized spacial score (nSPS) is 12.0. The number of thioether (sulfide) groups is 1. The van der Waals surface area contributed by atoms with Crippen LogP contribution in [0.5, 0.6) is 0 Å². The number of nitrogens with zero attached hydrogens (tertiary/aromatic N) is 1. The van der Waals surface area contributed by atoms with Crippen LogP contribution < -0.4 is 10.6 Å². The fraction of sp³-hybridized carbons (Fsp3) is 0.476. The average Bonchev–Trinajstić information content (AvgIpc) is 3.05. The maximum absolute atomic E-state index is 12.4. The highest BCUT2D eigenvalue weighted by atomic mass is 32.2. The van der Waals surface area contributed by atoms with Crippen LogP contribution in [0.3, 0.4) is 0 Å². The molecule has 2 rings (SSSR count). The molecule has 0 aliphatic rings. The summed E-state index contributed by atoms with van der Waals surface area (Å²) in [6.45, 7) is 8.09. The standard InChI is InChI=1S/C21H29N3O3S/c1-5-6-16-7-9-17(10-8-16)21(14(2)3)23-20(26)13-28-12-19(25)22-18-11-15(4)27-24-18/h7-11,14,21H,5-6,12-13H2,1-4H3,(H,23,26)(H,22,24,25). The lowest BCUT2D eigenvalue weighted by Crippen LogP contribution is -2.33. The number of rotatable bonds is 10. The zero-order valence-corrected chi connectivity index (χ0v) is 17.8. The molecule has 1 unspecified atom stereocenters. The van der Waals surface area contributed by atoms with Crippen LogP contribution in [0.4, 0.5) is 5.82 Å². The van der Waals surface area contributed by atoms with Crippen LogP contribution in [-0.2, 0) is 16.0 Å². The Morgan fingerprint density at radius 1 is 1.14 bits per heavy atom. The summed E-state index contributed by atoms with van der Waals surface area (Å²) >= 11 is 1.27. The van der Waals surface area contributed by atoms with Gasteiger partial charge in [0.05, 0.1) is 17.5 Å². The van der Waals surface area contributed by atoms with Crippen molar-refractivity contribution in [3.05, 3.63) is 47.2 Å². The molecule has 0 aliphatic heterocycles. The zero-order chi connectivity index (χ0) is 20.5. The fourth-order valence-electron chi connectivity index (χ4n) is 2.87. The second-order valence-corrected chi connectivity index (χ2v) is 8.13. The SMILES string of the molecule is CCCc1ccc(C(NC(=O)CSCC(=O)Nc2cc(C)on2)C(C)C)cc1. The molecule has 1 heterocycles. The van der Waals surface area contributed by atoms with E-state index in [-0.39, 0.29) is 35.3 Å². The number of carbonyl (C=O) groups excluding carboxylic acids is 2. The minimum atomic E-state index is -0.210. The van der Waals surface area contributed by atoms with Gasteiger partial charge in [-0.1, -0.05) is 56.6 Å². The van der Waals surface area contributed by atoms with Gasteiger partial charge < -0.3 is 15.2 Å². The van der Waals surface area contributed by atoms with Crippen molar-refractivity contribution in [2.24, 2.45) is 5.92 Å². The lowest BCUT2D eigenvalue weighted by atomic mass is 9.94. The van der Waals surface area contributed by atoms with Gasteiger partial charge in [0, 0.05) is 6.07 Å². The van der Waals surface area contributed by atoms with Crippen molar-refractivity contribution in [3.63, 3.8) is 0 Å². The monoisotopic (exact) mass is 403 g/mol. The number of benzene rings is 1. The van der Waals surface area contributed by atoms with E-state index >= 15 is 0 Å². The topological polar surface area (TPSA) is 84.2 Å². The van der Waals surface area contributed by atoms with Crippen LogP contribution in [0.15, 0.2) is 34.9 Å². The van der Waals surface area contributed by atoms with Gasteiger partial charge in [0.2, 0.25) is 11.8 Å². The molecule has 1 aromatic heterocycles. The maximum Gasteiger partial charge on any atom is 0.235 e. The van der Waals surface area contributed by atoms with Crippen molar-refractivity contribution in [3.8, 4) is 0 Å². The van der Waals surface area contributed by atoms with E-state index in [9.17, 15) is 9.59 Å². The van der Waals surface area contributed by atoms with Gasteiger partial charge in [-0.05, 0) is 30.4 Å². The van der Waals surface area contributed by atoms with Crippen molar-refractivity contribution in [1.82, 2.24) is 10.5 Å². The Morgan fingerprint density at radius 3 is 2.39 bits per heavy atom. The third kappa shape index (κ3) is 7.03. The number of amides is 2. The molecule has 152 valence electrons. The summed E-state index contributed by atoms with van der Waals surface area (Å²) in [4.78, 5) is 24.2. The van der Waals surface area contributed by atoms with E-state index < -0.39 is 0 Å². The van der Waals surface area contributed by atoms with E-state index in [0.717, 1.165) is 18.4 Å². The van der Waals surface area contributed by atoms with Gasteiger partial charge in [-0.25, -0.2) is 0 Å². The van der Waals surface area contributed by atoms with Crippen LogP contribution in [-0.4, -0.2) is 28.5 Å². The van der Waals surface area contributed by atoms with E-state index in [1.807, 2.05) is 0 Å². The van der Waals surface area contributed by atoms with Gasteiger partial charge in [0.15, 0.2) is 5.82 Å². The quantitative estimate of drug-likeness (QED) is 0.623. The van der Waals surface area contributed by atoms with E-state index in [1.165, 1.54) is 17.3 Å². The molecule has 1 atom stereocenters. The molecule has 0 fully saturated rings. The molecular weight excluding hydrogens is 374 g/mol. The molecule has 28 heavy (non-hydrogen) atoms. The van der Waals surface area contributed by atoms with Crippen molar-refractivity contribution >= 4 is 29.4 Å². The number of hydrogen-bond acceptors (Lipinski definition) is 5. The van der Waals surface area contributed by atoms with Gasteiger partial charge in [-0.15, -0.1) is 11.8 Å². The maximum atomic E-state index is 12.4. The highest BCUT2D eigenvalue weighted by Gasteiger charge is 2.18. The summed E-state index contributed by atoms with van der Waals surface area (Å²) in [6.07, 6.45) is 2.18. The van der Waals surface area contributed by atoms with Crippen molar-refractivity contribution in [2.75, 3.05) is 16.8 Å². The number of aryl methyl sites for hydroxylation is 2. The summed E-state index contributed by atoms with van der Waals surface area (Å²) in [7, 11) is 0. The summed E-state index contributed by atoms with van der Waals surface area (Å²) in [5.74, 6) is 1.40. The van der Waals surface area contributed by atoms with E-state index in [0.29, 0.717) is 11.6 Å². The predicted octanol–water partition coefficient (Wildman–Crippen LogP) is 4.12. The molecule has 6 nitrogen and oxygen atoms in total. The molecule has 0 saturated heterocycles. The van der Waals surface area contributed by atoms with E-state index in [1.54, 1.807) is 13.0 Å². The summed E-state index contributed by atoms with van der Waals surface area (Å²) in [5.41, 5.74) is 2.41. The Bertz CT molecular complexity index is 771. The molecule has 1 aromatic carbocycles. The Hall–Kier alpha value is -2.28. The number of carbonyl (C=O) groups is 2. The molecule has 0 spiro atoms. The number of nitrogens with one attached hydrogen (secondary N) is 2. The predicted molar refractivity (Wildman–Crippen MR) is 113 cm³/mol. The van der Waals surface area contributed by atoms with Crippen LogP contribution in [0.25, 0.3) is 0 Å². The number of hydrogen-bond donors (Lipinski definition) is 2. The second kappa shape index (κ2) is 10.9. The molecule has 0 radical (unpaired) electrons. The molecule has 7 heteroatoms. The molecule has 2 aromatic rings. The van der Waals surface area contributed by atoms with E-state index in [2.05, 4.69) is 60.8 Å². The first-order valence-corrected chi connectivity index (χ1v) is 10.7. The summed E-state index contributed by atoms with van der Waals surface area (Å²) < 4.78 is 4.90. The third-order valence-corrected chi connectivity index (χ3v) is 5.16. The summed E-state index contributed by atoms with van der Waals surface area (Å²) in [5, 5.41) is 9.45. The van der Waals surface area contributed by atoms with Crippen LogP contribution in [0, 0.1) is 12.8 Å². The second-order valence-electron chi connectivity index (χ2n) is 7.14. The Morgan fingerprint density at radius 2 is 1.82 bits per heavy atom. The first-order valence-electron chi connectivity index (χ1n) is 9.58. The Labute approximate surface area is 170 Å². The smallest absolute Gasteiger partial charge is 0.235 e. The summed E-state index contributed by atoms with van der Waals surface area (Å²) in [6, 6.07) is 10.0. The highest BCUT2D eigenvalue weighted by Crippen LogP contribution is 2.22. The van der Waals surface area contributed by atoms with Crippen LogP contribution in [0.1, 0.15) is 50.1 Å². The first kappa shape index (κ1) is 22.0. The lowest BCUT2D eigenvalue weighted by molar-refractivity contribution is -0.119. The van der Waals surface area contributed by atoms with Crippen molar-refractivity contribution in [2.45, 2.75) is 46.6 Å². The Balaban J connectivity index is 1.80. The molecule has 0 aliphatic carbocycles. The van der Waals surface area contributed by atoms with Gasteiger partial charge >= 0.3 is 0 Å². The zero-order valence-electron chi connectivity index (χ0n) is 17.0. The van der Waals surface area contributed by atoms with Gasteiger partial charge in [0.1, 0.15) is 5.76 Å². The number of anilines is 1. The molecule has 2 amide bonds. The van der Waals surface area contributed by atoms with Crippen molar-refractivity contribution < 1.29 is 14.1 Å². The van der Waals surface area contributed by atoms with Crippen LogP contribution in [0.2, 0.25) is 0 Å². The molecule has 0 bridgehead atoms. The molecule has 0 saturated carbocycles. The average molecular weight is 404 g/mol. The molecule has 2 N–H and O–H groups in total. The van der Waals surface area contributed by atoms with Gasteiger partial charge in [0.25, 0.3) is 0 Å². The van der Waals surface area contributed by atoms with E-state index in [4.69, 9.17) is 4.52 Å². The first-order chi connectivity index (χ1) is 13.4. The van der Waals surface area contributed by atoms with Gasteiger partial charge in [-0.2, -0.15) is 0 Å². The van der Waals surface area contributed by atoms with Gasteiger partial charge in [-0.3, -0.25) is 9.59 Å². The minimum absolute atomic E-state index is 0.0456. The third-order valence-electron chi connectivity index (χ3n) is 4.22. The largest absolute Gasteiger partial charge is 0.360 e. The fourth-order valence-corrected chi connectivity index (χ4v) is 3.50. The minimum Gasteiger partial charge on any atom is -0.360 e. The highest BCUT2D eigenvalue weighted by molar-refractivity contribution is 8.00. The van der Waals surface area contributed by atoms with Crippen LogP contribution >= 0.6 is 11.8 Å². The lowest BCUT2D eigenvalue weighted by Gasteiger charge is -2.23.